The first kappa shape index (κ1) is 17.0. The van der Waals surface area contributed by atoms with E-state index in [0.29, 0.717) is 0 Å². The van der Waals surface area contributed by atoms with Gasteiger partial charge in [0.25, 0.3) is 0 Å². The predicted octanol–water partition coefficient (Wildman–Crippen LogP) is 5.96. The van der Waals surface area contributed by atoms with E-state index in [1.165, 1.54) is 33.4 Å². The Morgan fingerprint density at radius 1 is 0.920 bits per heavy atom. The molecule has 0 aliphatic rings. The highest BCUT2D eigenvalue weighted by molar-refractivity contribution is 5.81. The molecular weight excluding hydrogens is 304 g/mol. The number of ether oxygens (including phenoxy) is 1. The Morgan fingerprint density at radius 3 is 2.24 bits per heavy atom. The average Bonchev–Trinajstić information content (AvgIpc) is 2.62. The van der Waals surface area contributed by atoms with Crippen LogP contribution < -0.4 is 4.74 Å². The van der Waals surface area contributed by atoms with E-state index in [0.717, 1.165) is 17.7 Å². The molecule has 1 nitrogen and oxygen atoms in total. The summed E-state index contributed by atoms with van der Waals surface area (Å²) in [6.45, 7) is 8.72. The molecule has 0 spiro atoms. The Bertz CT molecular complexity index is 874. The van der Waals surface area contributed by atoms with Gasteiger partial charge in [-0.15, -0.1) is 0 Å². The number of rotatable bonds is 5. The molecule has 0 aliphatic heterocycles. The van der Waals surface area contributed by atoms with Gasteiger partial charge in [-0.1, -0.05) is 66.7 Å². The van der Waals surface area contributed by atoms with E-state index in [1.54, 1.807) is 7.11 Å². The van der Waals surface area contributed by atoms with Gasteiger partial charge in [0.15, 0.2) is 0 Å². The zero-order chi connectivity index (χ0) is 17.8. The fraction of sp³-hybridized carbons (Fsp3) is 0.167. The first-order chi connectivity index (χ1) is 12.1. The molecule has 0 aromatic heterocycles. The van der Waals surface area contributed by atoms with Gasteiger partial charge in [0.2, 0.25) is 0 Å². The van der Waals surface area contributed by atoms with Gasteiger partial charge in [-0.3, -0.25) is 0 Å². The maximum absolute atomic E-state index is 5.26. The number of methoxy groups -OCH3 is 1. The van der Waals surface area contributed by atoms with E-state index in [4.69, 9.17) is 4.74 Å². The largest absolute Gasteiger partial charge is 0.497 e. The molecule has 0 aliphatic carbocycles. The number of benzene rings is 3. The van der Waals surface area contributed by atoms with Gasteiger partial charge in [0.05, 0.1) is 7.11 Å². The second-order valence-corrected chi connectivity index (χ2v) is 6.49. The molecule has 0 saturated carbocycles. The lowest BCUT2D eigenvalue weighted by Crippen LogP contribution is -2.00. The van der Waals surface area contributed by atoms with Crippen LogP contribution in [0.3, 0.4) is 0 Å². The summed E-state index contributed by atoms with van der Waals surface area (Å²) in [5.41, 5.74) is 8.66. The normalized spacial score (nSPS) is 10.5. The maximum atomic E-state index is 5.26. The molecule has 0 atom stereocenters. The molecular formula is C24H24O. The fourth-order valence-electron chi connectivity index (χ4n) is 3.37. The molecule has 3 aromatic rings. The van der Waals surface area contributed by atoms with Crippen LogP contribution in [0.1, 0.15) is 33.4 Å². The standard InChI is InChI=1S/C24H24O/c1-17-14-18(2)24(19(3)21-8-6-5-7-9-21)22(15-17)16-20-10-12-23(25-4)13-11-20/h5-15H,3,16H2,1-2,4H3. The van der Waals surface area contributed by atoms with E-state index >= 15 is 0 Å². The molecule has 0 heterocycles. The van der Waals surface area contributed by atoms with Crippen molar-refractivity contribution in [2.45, 2.75) is 20.3 Å². The van der Waals surface area contributed by atoms with E-state index < -0.39 is 0 Å². The molecule has 1 heteroatoms. The predicted molar refractivity (Wildman–Crippen MR) is 106 cm³/mol. The summed E-state index contributed by atoms with van der Waals surface area (Å²) in [7, 11) is 1.70. The van der Waals surface area contributed by atoms with Crippen LogP contribution in [-0.2, 0) is 6.42 Å². The lowest BCUT2D eigenvalue weighted by Gasteiger charge is -2.17. The SMILES string of the molecule is C=C(c1ccccc1)c1c(C)cc(C)cc1Cc1ccc(OC)cc1. The number of hydrogen-bond donors (Lipinski definition) is 0. The van der Waals surface area contributed by atoms with Crippen LogP contribution >= 0.6 is 0 Å². The average molecular weight is 328 g/mol. The van der Waals surface area contributed by atoms with Crippen LogP contribution in [0.15, 0.2) is 73.3 Å². The molecule has 3 rings (SSSR count). The lowest BCUT2D eigenvalue weighted by molar-refractivity contribution is 0.414. The Hall–Kier alpha value is -2.80. The minimum absolute atomic E-state index is 0.883. The van der Waals surface area contributed by atoms with Gasteiger partial charge in [-0.25, -0.2) is 0 Å². The zero-order valence-corrected chi connectivity index (χ0v) is 15.2. The first-order valence-corrected chi connectivity index (χ1v) is 8.56. The Labute approximate surface area is 150 Å². The van der Waals surface area contributed by atoms with Crippen LogP contribution in [0.2, 0.25) is 0 Å². The molecule has 0 N–H and O–H groups in total. The van der Waals surface area contributed by atoms with E-state index in [9.17, 15) is 0 Å². The van der Waals surface area contributed by atoms with E-state index in [-0.39, 0.29) is 0 Å². The van der Waals surface area contributed by atoms with Crippen molar-refractivity contribution in [2.75, 3.05) is 7.11 Å². The molecule has 0 saturated heterocycles. The summed E-state index contributed by atoms with van der Waals surface area (Å²) < 4.78 is 5.26. The van der Waals surface area contributed by atoms with Crippen molar-refractivity contribution in [3.05, 3.63) is 107 Å². The summed E-state index contributed by atoms with van der Waals surface area (Å²) in [4.78, 5) is 0. The Balaban J connectivity index is 2.02. The van der Waals surface area contributed by atoms with Gasteiger partial charge in [-0.05, 0) is 65.8 Å². The first-order valence-electron chi connectivity index (χ1n) is 8.56. The third kappa shape index (κ3) is 3.83. The van der Waals surface area contributed by atoms with Crippen molar-refractivity contribution < 1.29 is 4.74 Å². The smallest absolute Gasteiger partial charge is 0.118 e. The van der Waals surface area contributed by atoms with Crippen molar-refractivity contribution in [3.63, 3.8) is 0 Å². The van der Waals surface area contributed by atoms with Gasteiger partial charge >= 0.3 is 0 Å². The van der Waals surface area contributed by atoms with Gasteiger partial charge in [0.1, 0.15) is 5.75 Å². The Kier molecular flexibility index (Phi) is 5.04. The molecule has 25 heavy (non-hydrogen) atoms. The summed E-state index contributed by atoms with van der Waals surface area (Å²) in [6.07, 6.45) is 0.883. The van der Waals surface area contributed by atoms with Crippen molar-refractivity contribution in [3.8, 4) is 5.75 Å². The molecule has 3 aromatic carbocycles. The second kappa shape index (κ2) is 7.40. The Morgan fingerprint density at radius 2 is 1.60 bits per heavy atom. The van der Waals surface area contributed by atoms with Crippen molar-refractivity contribution in [1.82, 2.24) is 0 Å². The summed E-state index contributed by atoms with van der Waals surface area (Å²) >= 11 is 0. The van der Waals surface area contributed by atoms with Crippen LogP contribution in [0.5, 0.6) is 5.75 Å². The quantitative estimate of drug-likeness (QED) is 0.561. The van der Waals surface area contributed by atoms with E-state index in [1.807, 2.05) is 18.2 Å². The highest BCUT2D eigenvalue weighted by atomic mass is 16.5. The minimum Gasteiger partial charge on any atom is -0.497 e. The van der Waals surface area contributed by atoms with Crippen LogP contribution in [0.4, 0.5) is 0 Å². The minimum atomic E-state index is 0.883. The van der Waals surface area contributed by atoms with Gasteiger partial charge in [0, 0.05) is 0 Å². The van der Waals surface area contributed by atoms with Gasteiger partial charge in [-0.2, -0.15) is 0 Å². The number of aryl methyl sites for hydroxylation is 2. The van der Waals surface area contributed by atoms with Crippen molar-refractivity contribution >= 4 is 5.57 Å². The molecule has 0 unspecified atom stereocenters. The van der Waals surface area contributed by atoms with Crippen LogP contribution in [0, 0.1) is 13.8 Å². The monoisotopic (exact) mass is 328 g/mol. The van der Waals surface area contributed by atoms with Crippen molar-refractivity contribution in [1.29, 1.82) is 0 Å². The molecule has 0 fully saturated rings. The summed E-state index contributed by atoms with van der Waals surface area (Å²) in [5.74, 6) is 0.887. The number of hydrogen-bond acceptors (Lipinski definition) is 1. The van der Waals surface area contributed by atoms with Gasteiger partial charge < -0.3 is 4.74 Å². The fourth-order valence-corrected chi connectivity index (χ4v) is 3.37. The highest BCUT2D eigenvalue weighted by Crippen LogP contribution is 2.30. The lowest BCUT2D eigenvalue weighted by atomic mass is 9.87. The summed E-state index contributed by atoms with van der Waals surface area (Å²) in [5, 5.41) is 0. The molecule has 0 radical (unpaired) electrons. The second-order valence-electron chi connectivity index (χ2n) is 6.49. The van der Waals surface area contributed by atoms with Crippen LogP contribution in [0.25, 0.3) is 5.57 Å². The molecule has 126 valence electrons. The third-order valence-corrected chi connectivity index (χ3v) is 4.54. The third-order valence-electron chi connectivity index (χ3n) is 4.54. The topological polar surface area (TPSA) is 9.23 Å². The molecule has 0 amide bonds. The maximum Gasteiger partial charge on any atom is 0.118 e. The molecule has 0 bridgehead atoms. The highest BCUT2D eigenvalue weighted by Gasteiger charge is 2.12. The van der Waals surface area contributed by atoms with Crippen molar-refractivity contribution in [2.24, 2.45) is 0 Å². The summed E-state index contributed by atoms with van der Waals surface area (Å²) in [6, 6.07) is 23.2. The van der Waals surface area contributed by atoms with Crippen LogP contribution in [-0.4, -0.2) is 7.11 Å². The zero-order valence-electron chi connectivity index (χ0n) is 15.2. The van der Waals surface area contributed by atoms with E-state index in [2.05, 4.69) is 69.0 Å².